The highest BCUT2D eigenvalue weighted by molar-refractivity contribution is 5.69. The van der Waals surface area contributed by atoms with E-state index in [0.717, 1.165) is 19.3 Å². The first-order valence-corrected chi connectivity index (χ1v) is 5.59. The van der Waals surface area contributed by atoms with E-state index in [1.54, 1.807) is 0 Å². The van der Waals surface area contributed by atoms with Crippen LogP contribution in [0.5, 0.6) is 0 Å². The van der Waals surface area contributed by atoms with Gasteiger partial charge in [0.25, 0.3) is 5.09 Å². The molecular weight excluding hydrogens is 214 g/mol. The van der Waals surface area contributed by atoms with Gasteiger partial charge in [0.15, 0.2) is 0 Å². The molecule has 0 aromatic carbocycles. The Bertz CT molecular complexity index is 207. The van der Waals surface area contributed by atoms with Crippen molar-refractivity contribution in [1.82, 2.24) is 0 Å². The average Bonchev–Trinajstić information content (AvgIpc) is 2.24. The van der Waals surface area contributed by atoms with Crippen molar-refractivity contribution in [2.75, 3.05) is 13.2 Å². The summed E-state index contributed by atoms with van der Waals surface area (Å²) in [6, 6.07) is 0. The van der Waals surface area contributed by atoms with Crippen molar-refractivity contribution in [3.8, 4) is 0 Å². The normalized spacial score (nSPS) is 9.81. The highest BCUT2D eigenvalue weighted by Gasteiger charge is 2.03. The van der Waals surface area contributed by atoms with E-state index in [1.807, 2.05) is 0 Å². The third-order valence-corrected chi connectivity index (χ3v) is 2.03. The van der Waals surface area contributed by atoms with Gasteiger partial charge in [-0.1, -0.05) is 32.6 Å². The van der Waals surface area contributed by atoms with E-state index >= 15 is 0 Å². The molecule has 0 atom stereocenters. The predicted octanol–water partition coefficient (Wildman–Crippen LogP) is 2.10. The topological polar surface area (TPSA) is 78.7 Å². The van der Waals surface area contributed by atoms with Gasteiger partial charge >= 0.3 is 5.97 Å². The molecule has 0 saturated heterocycles. The summed E-state index contributed by atoms with van der Waals surface area (Å²) in [6.07, 6.45) is 5.70. The van der Waals surface area contributed by atoms with Crippen LogP contribution in [0.25, 0.3) is 0 Å². The van der Waals surface area contributed by atoms with Crippen LogP contribution in [0.1, 0.15) is 45.4 Å². The summed E-state index contributed by atoms with van der Waals surface area (Å²) in [5, 5.41) is 8.86. The van der Waals surface area contributed by atoms with Gasteiger partial charge in [-0.15, -0.1) is 10.1 Å². The molecule has 0 radical (unpaired) electrons. The van der Waals surface area contributed by atoms with E-state index in [9.17, 15) is 14.9 Å². The van der Waals surface area contributed by atoms with Gasteiger partial charge < -0.3 is 9.57 Å². The molecule has 0 spiro atoms. The van der Waals surface area contributed by atoms with Gasteiger partial charge in [0, 0.05) is 6.42 Å². The number of ether oxygens (including phenoxy) is 1. The molecular formula is C10H19NO5. The zero-order valence-electron chi connectivity index (χ0n) is 9.65. The minimum absolute atomic E-state index is 0.0607. The summed E-state index contributed by atoms with van der Waals surface area (Å²) in [7, 11) is 0. The second kappa shape index (κ2) is 10.2. The quantitative estimate of drug-likeness (QED) is 0.250. The maximum atomic E-state index is 11.1. The van der Waals surface area contributed by atoms with Gasteiger partial charge in [0.05, 0.1) is 0 Å². The molecule has 0 unspecified atom stereocenters. The van der Waals surface area contributed by atoms with Gasteiger partial charge in [0.1, 0.15) is 13.2 Å². The van der Waals surface area contributed by atoms with E-state index in [2.05, 4.69) is 11.8 Å². The van der Waals surface area contributed by atoms with Crippen LogP contribution in [0.15, 0.2) is 0 Å². The Balaban J connectivity index is 3.21. The van der Waals surface area contributed by atoms with Crippen molar-refractivity contribution in [1.29, 1.82) is 0 Å². The number of carbonyl (C=O) groups excluding carboxylic acids is 1. The molecule has 0 heterocycles. The third-order valence-electron chi connectivity index (χ3n) is 2.03. The number of rotatable bonds is 10. The summed E-state index contributed by atoms with van der Waals surface area (Å²) in [5.74, 6) is -0.316. The first-order chi connectivity index (χ1) is 7.66. The lowest BCUT2D eigenvalue weighted by Crippen LogP contribution is -2.12. The molecule has 0 amide bonds. The second-order valence-corrected chi connectivity index (χ2v) is 3.44. The fourth-order valence-electron chi connectivity index (χ4n) is 1.21. The van der Waals surface area contributed by atoms with E-state index in [0.29, 0.717) is 6.42 Å². The van der Waals surface area contributed by atoms with Gasteiger partial charge in [-0.3, -0.25) is 4.79 Å². The molecule has 0 aliphatic heterocycles. The Morgan fingerprint density at radius 3 is 2.50 bits per heavy atom. The van der Waals surface area contributed by atoms with Crippen molar-refractivity contribution >= 4 is 5.97 Å². The van der Waals surface area contributed by atoms with Crippen LogP contribution in [0.4, 0.5) is 0 Å². The molecule has 6 nitrogen and oxygen atoms in total. The third kappa shape index (κ3) is 10.7. The van der Waals surface area contributed by atoms with Crippen LogP contribution in [0, 0.1) is 10.1 Å². The standard InChI is InChI=1S/C10H19NO5/c1-2-3-4-5-6-7-10(12)15-8-9-16-11(13)14/h2-9H2,1H3. The molecule has 0 aromatic heterocycles. The highest BCUT2D eigenvalue weighted by atomic mass is 17.0. The summed E-state index contributed by atoms with van der Waals surface area (Å²) >= 11 is 0. The molecule has 0 N–H and O–H groups in total. The average molecular weight is 233 g/mol. The predicted molar refractivity (Wildman–Crippen MR) is 57.3 cm³/mol. The Morgan fingerprint density at radius 1 is 1.19 bits per heavy atom. The summed E-state index contributed by atoms with van der Waals surface area (Å²) in [5.41, 5.74) is 0. The molecule has 0 saturated carbocycles. The fourth-order valence-corrected chi connectivity index (χ4v) is 1.21. The van der Waals surface area contributed by atoms with E-state index in [-0.39, 0.29) is 19.2 Å². The minimum Gasteiger partial charge on any atom is -0.464 e. The van der Waals surface area contributed by atoms with Gasteiger partial charge in [-0.2, -0.15) is 0 Å². The minimum atomic E-state index is -0.904. The number of nitrogens with zero attached hydrogens (tertiary/aromatic N) is 1. The molecule has 0 aliphatic rings. The number of hydrogen-bond acceptors (Lipinski definition) is 5. The fraction of sp³-hybridized carbons (Fsp3) is 0.900. The van der Waals surface area contributed by atoms with Crippen LogP contribution in [0.2, 0.25) is 0 Å². The first kappa shape index (κ1) is 14.7. The molecule has 0 bridgehead atoms. The lowest BCUT2D eigenvalue weighted by atomic mass is 10.1. The number of esters is 1. The van der Waals surface area contributed by atoms with Crippen molar-refractivity contribution in [3.63, 3.8) is 0 Å². The number of carbonyl (C=O) groups is 1. The lowest BCUT2D eigenvalue weighted by Gasteiger charge is -2.03. The molecule has 0 fully saturated rings. The van der Waals surface area contributed by atoms with Gasteiger partial charge in [-0.05, 0) is 6.42 Å². The summed E-state index contributed by atoms with van der Waals surface area (Å²) in [6.45, 7) is 1.87. The molecule has 16 heavy (non-hydrogen) atoms. The van der Waals surface area contributed by atoms with Crippen molar-refractivity contribution < 1.29 is 19.5 Å². The van der Waals surface area contributed by atoms with Crippen LogP contribution >= 0.6 is 0 Å². The van der Waals surface area contributed by atoms with E-state index in [4.69, 9.17) is 4.74 Å². The number of hydrogen-bond donors (Lipinski definition) is 0. The smallest absolute Gasteiger partial charge is 0.305 e. The van der Waals surface area contributed by atoms with Crippen LogP contribution < -0.4 is 0 Å². The SMILES string of the molecule is CCCCCCCC(=O)OCCO[N+](=O)[O-]. The zero-order valence-corrected chi connectivity index (χ0v) is 9.65. The van der Waals surface area contributed by atoms with E-state index < -0.39 is 5.09 Å². The monoisotopic (exact) mass is 233 g/mol. The maximum Gasteiger partial charge on any atom is 0.305 e. The van der Waals surface area contributed by atoms with Crippen molar-refractivity contribution in [3.05, 3.63) is 10.1 Å². The van der Waals surface area contributed by atoms with Gasteiger partial charge in [0.2, 0.25) is 0 Å². The van der Waals surface area contributed by atoms with E-state index in [1.165, 1.54) is 12.8 Å². The lowest BCUT2D eigenvalue weighted by molar-refractivity contribution is -0.757. The maximum absolute atomic E-state index is 11.1. The Labute approximate surface area is 95.0 Å². The van der Waals surface area contributed by atoms with Gasteiger partial charge in [-0.25, -0.2) is 0 Å². The van der Waals surface area contributed by atoms with Crippen LogP contribution in [-0.4, -0.2) is 24.3 Å². The molecule has 0 aromatic rings. The van der Waals surface area contributed by atoms with Crippen molar-refractivity contribution in [2.45, 2.75) is 45.4 Å². The second-order valence-electron chi connectivity index (χ2n) is 3.44. The molecule has 0 aliphatic carbocycles. The van der Waals surface area contributed by atoms with Crippen molar-refractivity contribution in [2.24, 2.45) is 0 Å². The van der Waals surface area contributed by atoms with Crippen LogP contribution in [0.3, 0.4) is 0 Å². The Kier molecular flexibility index (Phi) is 9.35. The highest BCUT2D eigenvalue weighted by Crippen LogP contribution is 2.05. The molecule has 94 valence electrons. The Morgan fingerprint density at radius 2 is 1.88 bits per heavy atom. The first-order valence-electron chi connectivity index (χ1n) is 5.59. The summed E-state index contributed by atoms with van der Waals surface area (Å²) in [4.78, 5) is 24.8. The number of unbranched alkanes of at least 4 members (excludes halogenated alkanes) is 4. The largest absolute Gasteiger partial charge is 0.464 e. The zero-order chi connectivity index (χ0) is 12.2. The van der Waals surface area contributed by atoms with Crippen LogP contribution in [-0.2, 0) is 14.4 Å². The molecule has 6 heteroatoms. The summed E-state index contributed by atoms with van der Waals surface area (Å²) < 4.78 is 4.73. The molecule has 0 rings (SSSR count). The Hall–Kier alpha value is -1.33.